The summed E-state index contributed by atoms with van der Waals surface area (Å²) in [4.78, 5) is 0.899. The van der Waals surface area contributed by atoms with E-state index in [0.29, 0.717) is 0 Å². The van der Waals surface area contributed by atoms with Crippen LogP contribution < -0.4 is 9.47 Å². The molecule has 0 bridgehead atoms. The third kappa shape index (κ3) is 1.48. The van der Waals surface area contributed by atoms with E-state index in [1.54, 1.807) is 7.11 Å². The van der Waals surface area contributed by atoms with E-state index in [4.69, 9.17) is 9.47 Å². The van der Waals surface area contributed by atoms with Gasteiger partial charge in [0.15, 0.2) is 0 Å². The molecule has 0 amide bonds. The molecular formula is C10H12O2S. The van der Waals surface area contributed by atoms with Gasteiger partial charge in [-0.2, -0.15) is 0 Å². The molecule has 2 rings (SSSR count). The zero-order valence-electron chi connectivity index (χ0n) is 7.54. The predicted octanol–water partition coefficient (Wildman–Crippen LogP) is 2.31. The van der Waals surface area contributed by atoms with Crippen molar-refractivity contribution in [3.63, 3.8) is 0 Å². The first kappa shape index (κ1) is 8.75. The van der Waals surface area contributed by atoms with Crippen LogP contribution in [-0.4, -0.2) is 13.7 Å². The van der Waals surface area contributed by atoms with Crippen LogP contribution in [0.4, 0.5) is 0 Å². The fourth-order valence-electron chi connectivity index (χ4n) is 1.61. The fourth-order valence-corrected chi connectivity index (χ4v) is 1.88. The Labute approximate surface area is 83.3 Å². The number of hydrogen-bond acceptors (Lipinski definition) is 3. The first-order valence-corrected chi connectivity index (χ1v) is 4.79. The van der Waals surface area contributed by atoms with Gasteiger partial charge < -0.3 is 9.47 Å². The van der Waals surface area contributed by atoms with Gasteiger partial charge in [0, 0.05) is 10.5 Å². The maximum absolute atomic E-state index is 5.54. The summed E-state index contributed by atoms with van der Waals surface area (Å²) in [5.41, 5.74) is 1.15. The highest BCUT2D eigenvalue weighted by molar-refractivity contribution is 7.80. The number of methoxy groups -OCH3 is 1. The molecule has 1 aromatic carbocycles. The SMILES string of the molecule is COc1ccc(S)c2c1CCCO2. The number of fused-ring (bicyclic) bond motifs is 1. The van der Waals surface area contributed by atoms with Crippen molar-refractivity contribution in [2.75, 3.05) is 13.7 Å². The minimum absolute atomic E-state index is 0.785. The van der Waals surface area contributed by atoms with Gasteiger partial charge in [-0.15, -0.1) is 12.6 Å². The Kier molecular flexibility index (Phi) is 2.36. The largest absolute Gasteiger partial charge is 0.496 e. The maximum Gasteiger partial charge on any atom is 0.139 e. The molecule has 0 atom stereocenters. The molecule has 0 N–H and O–H groups in total. The van der Waals surface area contributed by atoms with Gasteiger partial charge in [0.05, 0.1) is 13.7 Å². The van der Waals surface area contributed by atoms with Crippen LogP contribution in [0, 0.1) is 0 Å². The Morgan fingerprint density at radius 1 is 1.46 bits per heavy atom. The quantitative estimate of drug-likeness (QED) is 0.695. The van der Waals surface area contributed by atoms with E-state index in [0.717, 1.165) is 41.4 Å². The van der Waals surface area contributed by atoms with Gasteiger partial charge in [-0.1, -0.05) is 0 Å². The van der Waals surface area contributed by atoms with Crippen molar-refractivity contribution in [2.45, 2.75) is 17.7 Å². The van der Waals surface area contributed by atoms with Crippen LogP contribution in [0.25, 0.3) is 0 Å². The fraction of sp³-hybridized carbons (Fsp3) is 0.400. The van der Waals surface area contributed by atoms with E-state index in [-0.39, 0.29) is 0 Å². The van der Waals surface area contributed by atoms with Crippen LogP contribution in [-0.2, 0) is 6.42 Å². The lowest BCUT2D eigenvalue weighted by molar-refractivity contribution is 0.275. The van der Waals surface area contributed by atoms with Crippen molar-refractivity contribution in [1.82, 2.24) is 0 Å². The molecule has 70 valence electrons. The summed E-state index contributed by atoms with van der Waals surface area (Å²) in [7, 11) is 1.68. The first-order valence-electron chi connectivity index (χ1n) is 4.34. The molecule has 1 heterocycles. The second kappa shape index (κ2) is 3.50. The van der Waals surface area contributed by atoms with Crippen molar-refractivity contribution in [3.05, 3.63) is 17.7 Å². The number of thiol groups is 1. The minimum atomic E-state index is 0.785. The zero-order valence-corrected chi connectivity index (χ0v) is 8.43. The number of rotatable bonds is 1. The van der Waals surface area contributed by atoms with Gasteiger partial charge in [0.25, 0.3) is 0 Å². The molecule has 0 spiro atoms. The molecule has 0 radical (unpaired) electrons. The van der Waals surface area contributed by atoms with Gasteiger partial charge in [0.1, 0.15) is 11.5 Å². The highest BCUT2D eigenvalue weighted by Crippen LogP contribution is 2.37. The normalized spacial score (nSPS) is 14.6. The van der Waals surface area contributed by atoms with Crippen LogP contribution >= 0.6 is 12.6 Å². The topological polar surface area (TPSA) is 18.5 Å². The molecule has 0 unspecified atom stereocenters. The number of benzene rings is 1. The zero-order chi connectivity index (χ0) is 9.26. The molecule has 13 heavy (non-hydrogen) atoms. The molecule has 0 saturated heterocycles. The lowest BCUT2D eigenvalue weighted by atomic mass is 10.1. The molecular weight excluding hydrogens is 184 g/mol. The Hall–Kier alpha value is -0.830. The Morgan fingerprint density at radius 3 is 3.08 bits per heavy atom. The molecule has 1 aromatic rings. The van der Waals surface area contributed by atoms with Crippen molar-refractivity contribution < 1.29 is 9.47 Å². The second-order valence-corrected chi connectivity index (χ2v) is 3.53. The van der Waals surface area contributed by atoms with Gasteiger partial charge in [-0.25, -0.2) is 0 Å². The summed E-state index contributed by atoms with van der Waals surface area (Å²) in [6, 6.07) is 3.85. The molecule has 1 aliphatic rings. The third-order valence-electron chi connectivity index (χ3n) is 2.23. The van der Waals surface area contributed by atoms with Crippen LogP contribution in [0.15, 0.2) is 17.0 Å². The van der Waals surface area contributed by atoms with Gasteiger partial charge in [0.2, 0.25) is 0 Å². The summed E-state index contributed by atoms with van der Waals surface area (Å²) >= 11 is 4.34. The highest BCUT2D eigenvalue weighted by Gasteiger charge is 2.17. The van der Waals surface area contributed by atoms with Gasteiger partial charge in [-0.05, 0) is 25.0 Å². The maximum atomic E-state index is 5.54. The average Bonchev–Trinajstić information content (AvgIpc) is 2.19. The molecule has 0 fully saturated rings. The first-order chi connectivity index (χ1) is 6.33. The van der Waals surface area contributed by atoms with Gasteiger partial charge >= 0.3 is 0 Å². The van der Waals surface area contributed by atoms with Crippen LogP contribution in [0.2, 0.25) is 0 Å². The van der Waals surface area contributed by atoms with Crippen molar-refractivity contribution in [1.29, 1.82) is 0 Å². The lowest BCUT2D eigenvalue weighted by Crippen LogP contribution is -2.10. The molecule has 0 aromatic heterocycles. The van der Waals surface area contributed by atoms with E-state index in [1.807, 2.05) is 12.1 Å². The summed E-state index contributed by atoms with van der Waals surface area (Å²) in [5, 5.41) is 0. The second-order valence-electron chi connectivity index (χ2n) is 3.05. The van der Waals surface area contributed by atoms with E-state index in [9.17, 15) is 0 Å². The average molecular weight is 196 g/mol. The van der Waals surface area contributed by atoms with Crippen molar-refractivity contribution in [2.24, 2.45) is 0 Å². The van der Waals surface area contributed by atoms with Crippen LogP contribution in [0.3, 0.4) is 0 Å². The van der Waals surface area contributed by atoms with E-state index < -0.39 is 0 Å². The summed E-state index contributed by atoms with van der Waals surface area (Å²) in [6.45, 7) is 0.785. The molecule has 1 aliphatic heterocycles. The molecule has 0 saturated carbocycles. The minimum Gasteiger partial charge on any atom is -0.496 e. The Balaban J connectivity index is 2.52. The number of hydrogen-bond donors (Lipinski definition) is 1. The molecule has 2 nitrogen and oxygen atoms in total. The number of ether oxygens (including phenoxy) is 2. The van der Waals surface area contributed by atoms with Crippen LogP contribution in [0.1, 0.15) is 12.0 Å². The van der Waals surface area contributed by atoms with E-state index in [1.165, 1.54) is 0 Å². The Bertz CT molecular complexity index is 323. The summed E-state index contributed by atoms with van der Waals surface area (Å²) in [5.74, 6) is 1.81. The lowest BCUT2D eigenvalue weighted by Gasteiger charge is -2.20. The van der Waals surface area contributed by atoms with E-state index in [2.05, 4.69) is 12.6 Å². The van der Waals surface area contributed by atoms with Crippen molar-refractivity contribution >= 4 is 12.6 Å². The predicted molar refractivity (Wildman–Crippen MR) is 54.1 cm³/mol. The van der Waals surface area contributed by atoms with Crippen molar-refractivity contribution in [3.8, 4) is 11.5 Å². The summed E-state index contributed by atoms with van der Waals surface area (Å²) < 4.78 is 10.8. The van der Waals surface area contributed by atoms with Gasteiger partial charge in [-0.3, -0.25) is 0 Å². The highest BCUT2D eigenvalue weighted by atomic mass is 32.1. The third-order valence-corrected chi connectivity index (χ3v) is 2.59. The monoisotopic (exact) mass is 196 g/mol. The Morgan fingerprint density at radius 2 is 2.31 bits per heavy atom. The standard InChI is InChI=1S/C10H12O2S/c1-11-8-4-5-9(13)10-7(8)3-2-6-12-10/h4-5,13H,2-3,6H2,1H3. The smallest absolute Gasteiger partial charge is 0.139 e. The molecule has 0 aliphatic carbocycles. The summed E-state index contributed by atoms with van der Waals surface area (Å²) in [6.07, 6.45) is 2.08. The van der Waals surface area contributed by atoms with E-state index >= 15 is 0 Å². The van der Waals surface area contributed by atoms with Crippen LogP contribution in [0.5, 0.6) is 11.5 Å². The molecule has 3 heteroatoms.